The fraction of sp³-hybridized carbons (Fsp3) is 0.0811. The summed E-state index contributed by atoms with van der Waals surface area (Å²) >= 11 is 3.91. The minimum Gasteiger partial charge on any atom is -0.309 e. The molecule has 2 aromatic heterocycles. The van der Waals surface area contributed by atoms with Crippen molar-refractivity contribution in [1.29, 1.82) is 0 Å². The second-order valence-corrected chi connectivity index (χ2v) is 13.9. The fourth-order valence-corrected chi connectivity index (χ4v) is 9.95. The Hall–Kier alpha value is -4.12. The average Bonchev–Trinajstić information content (AvgIpc) is 3.65. The molecule has 1 aliphatic carbocycles. The third-order valence-corrected chi connectivity index (χ3v) is 11.6. The number of thiophene rings is 2. The Morgan fingerprint density at radius 3 is 1.80 bits per heavy atom. The highest BCUT2D eigenvalue weighted by atomic mass is 32.1. The topological polar surface area (TPSA) is 3.24 Å². The molecule has 4 heteroatoms. The molecule has 0 bridgehead atoms. The van der Waals surface area contributed by atoms with Gasteiger partial charge in [-0.2, -0.15) is 0 Å². The Labute approximate surface area is 248 Å². The van der Waals surface area contributed by atoms with E-state index in [1.54, 1.807) is 0 Å². The number of rotatable bonds is 2. The van der Waals surface area contributed by atoms with E-state index in [2.05, 4.69) is 140 Å². The Morgan fingerprint density at radius 1 is 0.561 bits per heavy atom. The second kappa shape index (κ2) is 8.45. The van der Waals surface area contributed by atoms with Crippen molar-refractivity contribution >= 4 is 81.6 Å². The smallest absolute Gasteiger partial charge is 0.272 e. The quantitative estimate of drug-likeness (QED) is 0.192. The van der Waals surface area contributed by atoms with E-state index in [4.69, 9.17) is 0 Å². The zero-order chi connectivity index (χ0) is 27.3. The van der Waals surface area contributed by atoms with Gasteiger partial charge in [0.1, 0.15) is 0 Å². The van der Waals surface area contributed by atoms with Gasteiger partial charge in [0.15, 0.2) is 0 Å². The number of hydrogen-bond acceptors (Lipinski definition) is 3. The molecule has 0 amide bonds. The molecule has 3 heterocycles. The molecule has 41 heavy (non-hydrogen) atoms. The summed E-state index contributed by atoms with van der Waals surface area (Å²) in [6.45, 7) is 4.96. The van der Waals surface area contributed by atoms with E-state index in [-0.39, 0.29) is 12.1 Å². The van der Waals surface area contributed by atoms with Crippen LogP contribution in [0, 0.1) is 0 Å². The lowest BCUT2D eigenvalue weighted by Gasteiger charge is -2.34. The summed E-state index contributed by atoms with van der Waals surface area (Å²) in [4.78, 5) is 2.60. The van der Waals surface area contributed by atoms with Crippen molar-refractivity contribution in [3.8, 4) is 11.1 Å². The molecule has 5 aromatic carbocycles. The van der Waals surface area contributed by atoms with Gasteiger partial charge in [-0.3, -0.25) is 0 Å². The third-order valence-electron chi connectivity index (χ3n) is 9.12. The number of nitrogens with zero attached hydrogens (tertiary/aromatic N) is 1. The van der Waals surface area contributed by atoms with Crippen molar-refractivity contribution in [2.45, 2.75) is 19.3 Å². The van der Waals surface area contributed by atoms with Gasteiger partial charge in [-0.1, -0.05) is 116 Å². The molecular weight excluding hydrogens is 533 g/mol. The van der Waals surface area contributed by atoms with Gasteiger partial charge >= 0.3 is 0 Å². The summed E-state index contributed by atoms with van der Waals surface area (Å²) in [7, 11) is 0. The first-order valence-electron chi connectivity index (χ1n) is 14.2. The lowest BCUT2D eigenvalue weighted by molar-refractivity contribution is 0.660. The highest BCUT2D eigenvalue weighted by molar-refractivity contribution is 7.40. The molecule has 0 unspecified atom stereocenters. The van der Waals surface area contributed by atoms with Crippen molar-refractivity contribution in [3.63, 3.8) is 0 Å². The van der Waals surface area contributed by atoms with Crippen molar-refractivity contribution in [1.82, 2.24) is 0 Å². The van der Waals surface area contributed by atoms with E-state index in [1.807, 2.05) is 22.7 Å². The summed E-state index contributed by atoms with van der Waals surface area (Å²) in [6, 6.07) is 45.1. The van der Waals surface area contributed by atoms with Gasteiger partial charge in [0.2, 0.25) is 0 Å². The van der Waals surface area contributed by atoms with Crippen LogP contribution in [0.15, 0.2) is 121 Å². The van der Waals surface area contributed by atoms with E-state index in [1.165, 1.54) is 74.5 Å². The Morgan fingerprint density at radius 2 is 1.12 bits per heavy atom. The second-order valence-electron chi connectivity index (χ2n) is 11.7. The van der Waals surface area contributed by atoms with Crippen molar-refractivity contribution in [2.75, 3.05) is 4.90 Å². The molecule has 0 N–H and O–H groups in total. The van der Waals surface area contributed by atoms with Crippen molar-refractivity contribution in [2.24, 2.45) is 0 Å². The monoisotopic (exact) mass is 559 g/mol. The standard InChI is InChI=1S/C37H26BNS2/c1-37(2)29-17-9-6-14-25(29)26-21-20-24(22-30(26)37)39-33-27-15-7-10-18-31(27)40-35(33)38(23-12-4-3-5-13-23)36-34(39)28-16-8-11-19-32(28)41-36/h3-22H,1-2H3. The molecule has 0 atom stereocenters. The number of fused-ring (bicyclic) bond motifs is 9. The maximum absolute atomic E-state index is 2.60. The number of benzene rings is 5. The highest BCUT2D eigenvalue weighted by Gasteiger charge is 2.42. The molecule has 1 nitrogen and oxygen atoms in total. The lowest BCUT2D eigenvalue weighted by Crippen LogP contribution is -2.54. The normalized spacial score (nSPS) is 14.7. The summed E-state index contributed by atoms with van der Waals surface area (Å²) in [5.41, 5.74) is 10.8. The minimum absolute atomic E-state index is 0.0522. The van der Waals surface area contributed by atoms with E-state index in [0.717, 1.165) is 0 Å². The van der Waals surface area contributed by atoms with E-state index < -0.39 is 0 Å². The van der Waals surface area contributed by atoms with Gasteiger partial charge in [0.05, 0.1) is 11.4 Å². The largest absolute Gasteiger partial charge is 0.309 e. The van der Waals surface area contributed by atoms with Crippen LogP contribution in [-0.4, -0.2) is 6.71 Å². The van der Waals surface area contributed by atoms with Gasteiger partial charge in [-0.05, 0) is 46.5 Å². The molecule has 1 aliphatic heterocycles. The van der Waals surface area contributed by atoms with E-state index >= 15 is 0 Å². The number of hydrogen-bond donors (Lipinski definition) is 0. The molecule has 0 radical (unpaired) electrons. The predicted octanol–water partition coefficient (Wildman–Crippen LogP) is 8.72. The van der Waals surface area contributed by atoms with Crippen molar-refractivity contribution in [3.05, 3.63) is 132 Å². The fourth-order valence-electron chi connectivity index (χ4n) is 7.22. The molecule has 0 saturated carbocycles. The predicted molar refractivity (Wildman–Crippen MR) is 181 cm³/mol. The van der Waals surface area contributed by atoms with Crippen molar-refractivity contribution < 1.29 is 0 Å². The van der Waals surface area contributed by atoms with Crippen LogP contribution >= 0.6 is 22.7 Å². The molecule has 0 spiro atoms. The zero-order valence-electron chi connectivity index (χ0n) is 22.9. The van der Waals surface area contributed by atoms with Crippen LogP contribution in [-0.2, 0) is 5.41 Å². The Bertz CT molecular complexity index is 2070. The molecule has 0 fully saturated rings. The first-order chi connectivity index (χ1) is 20.1. The van der Waals surface area contributed by atoms with Crippen LogP contribution in [0.2, 0.25) is 0 Å². The molecule has 7 aromatic rings. The first-order valence-corrected chi connectivity index (χ1v) is 15.9. The first kappa shape index (κ1) is 23.6. The molecule has 9 rings (SSSR count). The maximum Gasteiger partial charge on any atom is 0.272 e. The zero-order valence-corrected chi connectivity index (χ0v) is 24.5. The third kappa shape index (κ3) is 3.18. The van der Waals surface area contributed by atoms with Crippen LogP contribution in [0.5, 0.6) is 0 Å². The van der Waals surface area contributed by atoms with Gasteiger partial charge in [0.25, 0.3) is 6.71 Å². The van der Waals surface area contributed by atoms with Gasteiger partial charge in [-0.15, -0.1) is 22.7 Å². The lowest BCUT2D eigenvalue weighted by atomic mass is 9.41. The van der Waals surface area contributed by atoms with E-state index in [9.17, 15) is 0 Å². The summed E-state index contributed by atoms with van der Waals surface area (Å²) in [5, 5.41) is 2.66. The van der Waals surface area contributed by atoms with E-state index in [0.29, 0.717) is 0 Å². The van der Waals surface area contributed by atoms with Crippen LogP contribution in [0.4, 0.5) is 17.1 Å². The Kier molecular flexibility index (Phi) is 4.86. The van der Waals surface area contributed by atoms with Gasteiger partial charge < -0.3 is 4.90 Å². The van der Waals surface area contributed by atoms with Gasteiger partial charge in [0, 0.05) is 40.8 Å². The minimum atomic E-state index is -0.0522. The number of anilines is 3. The average molecular weight is 560 g/mol. The molecule has 0 saturated heterocycles. The maximum atomic E-state index is 2.60. The SMILES string of the molecule is CC1(C)c2ccccc2-c2ccc(N3c4c(sc5ccccc45)B(c4ccccc4)c4sc5ccccc5c43)cc21. The van der Waals surface area contributed by atoms with Gasteiger partial charge in [-0.25, -0.2) is 0 Å². The van der Waals surface area contributed by atoms with Crippen LogP contribution in [0.1, 0.15) is 25.0 Å². The molecular formula is C37H26BNS2. The van der Waals surface area contributed by atoms with Crippen LogP contribution < -0.4 is 19.9 Å². The van der Waals surface area contributed by atoms with Crippen LogP contribution in [0.3, 0.4) is 0 Å². The van der Waals surface area contributed by atoms with Crippen LogP contribution in [0.25, 0.3) is 31.3 Å². The molecule has 2 aliphatic rings. The molecule has 194 valence electrons. The highest BCUT2D eigenvalue weighted by Crippen LogP contribution is 2.52. The summed E-state index contributed by atoms with van der Waals surface area (Å²) < 4.78 is 5.55. The Balaban J connectivity index is 1.38. The summed E-state index contributed by atoms with van der Waals surface area (Å²) in [6.07, 6.45) is 0. The summed E-state index contributed by atoms with van der Waals surface area (Å²) in [5.74, 6) is 0.